The van der Waals surface area contributed by atoms with Crippen LogP contribution in [0, 0.1) is 6.92 Å². The number of carboxylic acid groups (broad SMARTS) is 2. The molecule has 11 heteroatoms. The van der Waals surface area contributed by atoms with Gasteiger partial charge in [0.25, 0.3) is 0 Å². The van der Waals surface area contributed by atoms with Crippen molar-refractivity contribution in [3.63, 3.8) is 0 Å². The molecule has 4 N–H and O–H groups in total. The number of carbonyl (C=O) groups is 2. The monoisotopic (exact) mass is 489 g/mol. The van der Waals surface area contributed by atoms with Gasteiger partial charge in [-0.05, 0) is 76.3 Å². The summed E-state index contributed by atoms with van der Waals surface area (Å²) in [5, 5.41) is 15.4. The molecule has 4 rings (SSSR count). The number of alkyl halides is 3. The van der Waals surface area contributed by atoms with Crippen LogP contribution in [-0.2, 0) is 14.3 Å². The lowest BCUT2D eigenvalue weighted by molar-refractivity contribution is -0.192. The molecule has 0 bridgehead atoms. The number of anilines is 2. The zero-order valence-electron chi connectivity index (χ0n) is 19.6. The molecule has 0 aliphatic carbocycles. The molecule has 3 fully saturated rings. The predicted octanol–water partition coefficient (Wildman–Crippen LogP) is 3.52. The molecular formula is C23H34F3N3O5. The van der Waals surface area contributed by atoms with Crippen molar-refractivity contribution < 1.29 is 37.7 Å². The summed E-state index contributed by atoms with van der Waals surface area (Å²) in [5.74, 6) is -3.59. The maximum Gasteiger partial charge on any atom is 0.490 e. The zero-order chi connectivity index (χ0) is 25.5. The lowest BCUT2D eigenvalue weighted by atomic mass is 10.1. The summed E-state index contributed by atoms with van der Waals surface area (Å²) in [6, 6.07) is 7.95. The minimum Gasteiger partial charge on any atom is -0.479 e. The molecule has 0 radical (unpaired) electrons. The molecule has 3 heterocycles. The van der Waals surface area contributed by atoms with Crippen LogP contribution in [0.25, 0.3) is 0 Å². The first kappa shape index (κ1) is 27.7. The van der Waals surface area contributed by atoms with E-state index in [0.717, 1.165) is 24.2 Å². The van der Waals surface area contributed by atoms with Gasteiger partial charge in [-0.3, -0.25) is 4.90 Å². The number of likely N-dealkylation sites (tertiary alicyclic amines) is 1. The van der Waals surface area contributed by atoms with Gasteiger partial charge in [0.2, 0.25) is 0 Å². The molecule has 34 heavy (non-hydrogen) atoms. The Balaban J connectivity index is 0.000000225. The fourth-order valence-electron chi connectivity index (χ4n) is 4.37. The van der Waals surface area contributed by atoms with Crippen molar-refractivity contribution in [3.05, 3.63) is 23.8 Å². The van der Waals surface area contributed by atoms with Crippen LogP contribution >= 0.6 is 0 Å². The van der Waals surface area contributed by atoms with Crippen molar-refractivity contribution in [3.8, 4) is 0 Å². The van der Waals surface area contributed by atoms with Crippen molar-refractivity contribution in [2.75, 3.05) is 36.9 Å². The second-order valence-corrected chi connectivity index (χ2v) is 8.80. The molecule has 0 aromatic heterocycles. The van der Waals surface area contributed by atoms with E-state index in [4.69, 9.17) is 25.5 Å². The number of nitrogens with two attached hydrogens (primary N) is 1. The van der Waals surface area contributed by atoms with E-state index >= 15 is 0 Å². The molecule has 8 nitrogen and oxygen atoms in total. The Morgan fingerprint density at radius 1 is 1.12 bits per heavy atom. The van der Waals surface area contributed by atoms with Crippen LogP contribution in [0.2, 0.25) is 0 Å². The van der Waals surface area contributed by atoms with E-state index in [0.29, 0.717) is 13.0 Å². The number of carboxylic acids is 2. The van der Waals surface area contributed by atoms with Crippen LogP contribution in [0.3, 0.4) is 0 Å². The third kappa shape index (κ3) is 8.05. The molecule has 0 saturated carbocycles. The molecule has 1 aromatic rings. The SMILES string of the molecule is Cc1cc(N2CC[C@H](N3CCC[C@@H]3C)C2)ccc1N.O=C(O)C(F)(F)F.O=C(O)C1CCCO1. The molecule has 3 aliphatic heterocycles. The fourth-order valence-corrected chi connectivity index (χ4v) is 4.37. The second kappa shape index (κ2) is 12.3. The van der Waals surface area contributed by atoms with E-state index in [1.54, 1.807) is 0 Å². The van der Waals surface area contributed by atoms with Crippen LogP contribution in [0.1, 0.15) is 44.6 Å². The molecule has 3 atom stereocenters. The highest BCUT2D eigenvalue weighted by molar-refractivity contribution is 5.73. The fraction of sp³-hybridized carbons (Fsp3) is 0.652. The summed E-state index contributed by atoms with van der Waals surface area (Å²) in [7, 11) is 0. The summed E-state index contributed by atoms with van der Waals surface area (Å²) < 4.78 is 36.6. The molecule has 0 amide bonds. The molecule has 3 saturated heterocycles. The van der Waals surface area contributed by atoms with Crippen molar-refractivity contribution >= 4 is 23.3 Å². The number of ether oxygens (including phenoxy) is 1. The van der Waals surface area contributed by atoms with Crippen molar-refractivity contribution in [1.29, 1.82) is 0 Å². The van der Waals surface area contributed by atoms with Gasteiger partial charge in [0.15, 0.2) is 6.10 Å². The smallest absolute Gasteiger partial charge is 0.479 e. The molecule has 0 spiro atoms. The lowest BCUT2D eigenvalue weighted by Crippen LogP contribution is -2.39. The number of aryl methyl sites for hydroxylation is 1. The third-order valence-corrected chi connectivity index (χ3v) is 6.30. The third-order valence-electron chi connectivity index (χ3n) is 6.30. The van der Waals surface area contributed by atoms with Gasteiger partial charge in [-0.25, -0.2) is 9.59 Å². The standard InChI is InChI=1S/C16H25N3.C5H8O3.C2HF3O2/c1-12-10-14(5-6-16(12)17)18-9-7-15(11-18)19-8-3-4-13(19)2;6-5(7)4-2-1-3-8-4;3-2(4,5)1(6)7/h5-6,10,13,15H,3-4,7-9,11,17H2,1-2H3;4H,1-3H2,(H,6,7);(H,6,7)/t13-,15-;;/m0../s1. The Labute approximate surface area is 197 Å². The largest absolute Gasteiger partial charge is 0.490 e. The second-order valence-electron chi connectivity index (χ2n) is 8.80. The van der Waals surface area contributed by atoms with E-state index in [1.165, 1.54) is 50.1 Å². The van der Waals surface area contributed by atoms with Gasteiger partial charge in [-0.15, -0.1) is 0 Å². The molecular weight excluding hydrogens is 455 g/mol. The van der Waals surface area contributed by atoms with Crippen LogP contribution in [-0.4, -0.2) is 77.7 Å². The van der Waals surface area contributed by atoms with Gasteiger partial charge in [0.1, 0.15) is 0 Å². The number of hydrogen-bond acceptors (Lipinski definition) is 6. The highest BCUT2D eigenvalue weighted by Gasteiger charge is 2.38. The summed E-state index contributed by atoms with van der Waals surface area (Å²) >= 11 is 0. The number of nitrogens with zero attached hydrogens (tertiary/aromatic N) is 2. The Bertz CT molecular complexity index is 831. The average molecular weight is 490 g/mol. The number of hydrogen-bond donors (Lipinski definition) is 3. The van der Waals surface area contributed by atoms with Gasteiger partial charge in [-0.1, -0.05) is 0 Å². The van der Waals surface area contributed by atoms with Gasteiger partial charge in [0, 0.05) is 43.2 Å². The Hall–Kier alpha value is -2.53. The predicted molar refractivity (Wildman–Crippen MR) is 122 cm³/mol. The van der Waals surface area contributed by atoms with Gasteiger partial charge >= 0.3 is 18.1 Å². The first-order chi connectivity index (χ1) is 15.9. The lowest BCUT2D eigenvalue weighted by Gasteiger charge is -2.28. The molecule has 192 valence electrons. The summed E-state index contributed by atoms with van der Waals surface area (Å²) in [6.45, 7) is 8.72. The van der Waals surface area contributed by atoms with Gasteiger partial charge < -0.3 is 25.6 Å². The quantitative estimate of drug-likeness (QED) is 0.553. The first-order valence-corrected chi connectivity index (χ1v) is 11.4. The van der Waals surface area contributed by atoms with Crippen molar-refractivity contribution in [2.24, 2.45) is 0 Å². The molecule has 1 aromatic carbocycles. The van der Waals surface area contributed by atoms with E-state index in [9.17, 15) is 18.0 Å². The number of nitrogen functional groups attached to an aromatic ring is 1. The number of aliphatic carboxylic acids is 2. The maximum atomic E-state index is 10.6. The van der Waals surface area contributed by atoms with Gasteiger partial charge in [0.05, 0.1) is 0 Å². The van der Waals surface area contributed by atoms with E-state index in [2.05, 4.69) is 35.8 Å². The Kier molecular flexibility index (Phi) is 9.99. The average Bonchev–Trinajstić information content (AvgIpc) is 3.51. The normalized spacial score (nSPS) is 24.7. The number of benzene rings is 1. The van der Waals surface area contributed by atoms with E-state index in [-0.39, 0.29) is 0 Å². The number of rotatable bonds is 3. The first-order valence-electron chi connectivity index (χ1n) is 11.4. The highest BCUT2D eigenvalue weighted by atomic mass is 19.4. The summed E-state index contributed by atoms with van der Waals surface area (Å²) in [4.78, 5) is 24.2. The van der Waals surface area contributed by atoms with Crippen molar-refractivity contribution in [1.82, 2.24) is 4.90 Å². The number of halogens is 3. The van der Waals surface area contributed by atoms with E-state index in [1.807, 2.05) is 6.07 Å². The van der Waals surface area contributed by atoms with Gasteiger partial charge in [-0.2, -0.15) is 13.2 Å². The highest BCUT2D eigenvalue weighted by Crippen LogP contribution is 2.29. The van der Waals surface area contributed by atoms with Crippen molar-refractivity contribution in [2.45, 2.75) is 70.3 Å². The molecule has 3 aliphatic rings. The van der Waals surface area contributed by atoms with Crippen LogP contribution < -0.4 is 10.6 Å². The van der Waals surface area contributed by atoms with E-state index < -0.39 is 24.2 Å². The Morgan fingerprint density at radius 3 is 2.24 bits per heavy atom. The zero-order valence-corrected chi connectivity index (χ0v) is 19.6. The summed E-state index contributed by atoms with van der Waals surface area (Å²) in [5.41, 5.74) is 9.33. The van der Waals surface area contributed by atoms with Crippen LogP contribution in [0.5, 0.6) is 0 Å². The molecule has 1 unspecified atom stereocenters. The summed E-state index contributed by atoms with van der Waals surface area (Å²) in [6.07, 6.45) is 0.00548. The Morgan fingerprint density at radius 2 is 1.79 bits per heavy atom. The minimum atomic E-state index is -5.08. The van der Waals surface area contributed by atoms with Crippen LogP contribution in [0.4, 0.5) is 24.5 Å². The topological polar surface area (TPSA) is 116 Å². The van der Waals surface area contributed by atoms with Crippen LogP contribution in [0.15, 0.2) is 18.2 Å². The minimum absolute atomic E-state index is 0.519. The maximum absolute atomic E-state index is 10.6.